The number of hydrogen-bond acceptors (Lipinski definition) is 3. The molecule has 0 radical (unpaired) electrons. The molecular formula is C24H28N2O. The molecule has 0 heterocycles. The van der Waals surface area contributed by atoms with E-state index in [1.165, 1.54) is 49.7 Å². The van der Waals surface area contributed by atoms with Crippen LogP contribution in [0.3, 0.4) is 0 Å². The van der Waals surface area contributed by atoms with Crippen molar-refractivity contribution in [1.29, 1.82) is 0 Å². The van der Waals surface area contributed by atoms with Gasteiger partial charge < -0.3 is 5.11 Å². The van der Waals surface area contributed by atoms with Crippen LogP contribution in [-0.2, 0) is 5.41 Å². The van der Waals surface area contributed by atoms with E-state index in [4.69, 9.17) is 0 Å². The van der Waals surface area contributed by atoms with Crippen molar-refractivity contribution in [3.05, 3.63) is 59.2 Å². The van der Waals surface area contributed by atoms with Gasteiger partial charge >= 0.3 is 0 Å². The fraction of sp³-hybridized carbons (Fsp3) is 0.458. The zero-order chi connectivity index (χ0) is 18.4. The van der Waals surface area contributed by atoms with E-state index in [9.17, 15) is 5.11 Å². The van der Waals surface area contributed by atoms with E-state index >= 15 is 0 Å². The number of phenolic OH excluding ortho intramolecular Hbond substituents is 1. The lowest BCUT2D eigenvalue weighted by atomic mass is 9.48. The van der Waals surface area contributed by atoms with Crippen molar-refractivity contribution < 1.29 is 5.11 Å². The van der Waals surface area contributed by atoms with Crippen LogP contribution in [0.2, 0.25) is 0 Å². The maximum Gasteiger partial charge on any atom is 0.124 e. The Morgan fingerprint density at radius 1 is 0.963 bits per heavy atom. The standard InChI is InChI=1S/C24H28N2O/c1-16-2-5-22(6-3-16)26-25-15-20-11-21(4-7-23(20)27)24-12-17-8-18(13-24)10-19(9-17)14-24/h2-7,11,15,17-19,26-27H,8-10,12-14H2,1H3. The molecule has 6 rings (SSSR count). The van der Waals surface area contributed by atoms with Gasteiger partial charge in [-0.25, -0.2) is 0 Å². The van der Waals surface area contributed by atoms with Gasteiger partial charge in [0.1, 0.15) is 5.75 Å². The number of anilines is 1. The van der Waals surface area contributed by atoms with Gasteiger partial charge in [-0.1, -0.05) is 23.8 Å². The third-order valence-electron chi connectivity index (χ3n) is 7.13. The van der Waals surface area contributed by atoms with E-state index in [0.29, 0.717) is 11.2 Å². The summed E-state index contributed by atoms with van der Waals surface area (Å²) in [5.74, 6) is 3.07. The molecule has 4 aliphatic rings. The predicted octanol–water partition coefficient (Wildman–Crippen LogP) is 5.61. The largest absolute Gasteiger partial charge is 0.507 e. The normalized spacial score (nSPS) is 31.5. The molecule has 0 atom stereocenters. The molecule has 4 fully saturated rings. The fourth-order valence-electron chi connectivity index (χ4n) is 6.26. The number of aryl methyl sites for hydroxylation is 1. The first-order valence-corrected chi connectivity index (χ1v) is 10.3. The van der Waals surface area contributed by atoms with Gasteiger partial charge in [0.2, 0.25) is 0 Å². The first-order valence-electron chi connectivity index (χ1n) is 10.3. The summed E-state index contributed by atoms with van der Waals surface area (Å²) in [6, 6.07) is 14.3. The van der Waals surface area contributed by atoms with Crippen molar-refractivity contribution in [1.82, 2.24) is 0 Å². The molecule has 2 aromatic rings. The van der Waals surface area contributed by atoms with Crippen LogP contribution in [0.1, 0.15) is 55.2 Å². The van der Waals surface area contributed by atoms with Crippen molar-refractivity contribution in [2.24, 2.45) is 22.9 Å². The Labute approximate surface area is 161 Å². The molecule has 3 heteroatoms. The SMILES string of the molecule is Cc1ccc(NN=Cc2cc(C34CC5CC(CC(C5)C3)C4)ccc2O)cc1. The van der Waals surface area contributed by atoms with Crippen LogP contribution < -0.4 is 5.43 Å². The quantitative estimate of drug-likeness (QED) is 0.549. The Bertz CT molecular complexity index is 833. The second-order valence-electron chi connectivity index (χ2n) is 9.21. The summed E-state index contributed by atoms with van der Waals surface area (Å²) in [5.41, 5.74) is 7.80. The lowest BCUT2D eigenvalue weighted by Gasteiger charge is -2.57. The molecule has 4 aliphatic carbocycles. The average molecular weight is 361 g/mol. The van der Waals surface area contributed by atoms with Gasteiger partial charge in [-0.05, 0) is 98.4 Å². The number of hydrazone groups is 1. The highest BCUT2D eigenvalue weighted by Crippen LogP contribution is 2.60. The Morgan fingerprint density at radius 3 is 2.22 bits per heavy atom. The molecular weight excluding hydrogens is 332 g/mol. The third kappa shape index (κ3) is 3.13. The molecule has 4 bridgehead atoms. The average Bonchev–Trinajstić information content (AvgIpc) is 2.63. The number of hydrogen-bond donors (Lipinski definition) is 2. The number of nitrogens with one attached hydrogen (secondary N) is 1. The first-order chi connectivity index (χ1) is 13.1. The highest BCUT2D eigenvalue weighted by Gasteiger charge is 2.51. The Kier molecular flexibility index (Phi) is 3.99. The minimum Gasteiger partial charge on any atom is -0.507 e. The Morgan fingerprint density at radius 2 is 1.59 bits per heavy atom. The van der Waals surface area contributed by atoms with Gasteiger partial charge in [0.15, 0.2) is 0 Å². The Hall–Kier alpha value is -2.29. The molecule has 0 aliphatic heterocycles. The van der Waals surface area contributed by atoms with E-state index in [1.54, 1.807) is 6.21 Å². The monoisotopic (exact) mass is 360 g/mol. The number of nitrogens with zero attached hydrogens (tertiary/aromatic N) is 1. The number of phenols is 1. The van der Waals surface area contributed by atoms with Crippen LogP contribution in [0.5, 0.6) is 5.75 Å². The second-order valence-corrected chi connectivity index (χ2v) is 9.21. The smallest absolute Gasteiger partial charge is 0.124 e. The van der Waals surface area contributed by atoms with Gasteiger partial charge in [-0.15, -0.1) is 0 Å². The molecule has 2 aromatic carbocycles. The fourth-order valence-corrected chi connectivity index (χ4v) is 6.26. The summed E-state index contributed by atoms with van der Waals surface area (Å²) in [7, 11) is 0. The number of rotatable bonds is 4. The van der Waals surface area contributed by atoms with E-state index in [1.807, 2.05) is 18.2 Å². The van der Waals surface area contributed by atoms with Crippen LogP contribution in [0.4, 0.5) is 5.69 Å². The molecule has 0 unspecified atom stereocenters. The topological polar surface area (TPSA) is 44.6 Å². The molecule has 3 nitrogen and oxygen atoms in total. The van der Waals surface area contributed by atoms with E-state index in [2.05, 4.69) is 41.7 Å². The van der Waals surface area contributed by atoms with Crippen molar-refractivity contribution in [3.63, 3.8) is 0 Å². The van der Waals surface area contributed by atoms with E-state index in [-0.39, 0.29) is 0 Å². The first kappa shape index (κ1) is 16.9. The summed E-state index contributed by atoms with van der Waals surface area (Å²) < 4.78 is 0. The van der Waals surface area contributed by atoms with Gasteiger partial charge in [0.05, 0.1) is 11.9 Å². The van der Waals surface area contributed by atoms with Gasteiger partial charge in [0.25, 0.3) is 0 Å². The zero-order valence-corrected chi connectivity index (χ0v) is 16.0. The van der Waals surface area contributed by atoms with Gasteiger partial charge in [-0.2, -0.15) is 5.10 Å². The van der Waals surface area contributed by atoms with Crippen LogP contribution in [0.15, 0.2) is 47.6 Å². The summed E-state index contributed by atoms with van der Waals surface area (Å²) in [4.78, 5) is 0. The van der Waals surface area contributed by atoms with Crippen LogP contribution >= 0.6 is 0 Å². The summed E-state index contributed by atoms with van der Waals surface area (Å²) >= 11 is 0. The molecule has 0 amide bonds. The van der Waals surface area contributed by atoms with Crippen molar-refractivity contribution >= 4 is 11.9 Å². The molecule has 0 saturated heterocycles. The van der Waals surface area contributed by atoms with Gasteiger partial charge in [-0.3, -0.25) is 5.43 Å². The highest BCUT2D eigenvalue weighted by molar-refractivity contribution is 5.84. The number of aromatic hydroxyl groups is 1. The van der Waals surface area contributed by atoms with Gasteiger partial charge in [0, 0.05) is 5.56 Å². The highest BCUT2D eigenvalue weighted by atomic mass is 16.3. The third-order valence-corrected chi connectivity index (χ3v) is 7.13. The minimum absolute atomic E-state index is 0.304. The summed E-state index contributed by atoms with van der Waals surface area (Å²) in [6.07, 6.45) is 10.1. The van der Waals surface area contributed by atoms with Crippen molar-refractivity contribution in [2.45, 2.75) is 50.9 Å². The maximum absolute atomic E-state index is 10.3. The molecule has 27 heavy (non-hydrogen) atoms. The summed E-state index contributed by atoms with van der Waals surface area (Å²) in [5, 5.41) is 14.7. The van der Waals surface area contributed by atoms with Crippen molar-refractivity contribution in [2.75, 3.05) is 5.43 Å². The number of benzene rings is 2. The predicted molar refractivity (Wildman–Crippen MR) is 110 cm³/mol. The molecule has 4 saturated carbocycles. The van der Waals surface area contributed by atoms with Crippen LogP contribution in [0, 0.1) is 24.7 Å². The lowest BCUT2D eigenvalue weighted by Crippen LogP contribution is -2.48. The van der Waals surface area contributed by atoms with Crippen LogP contribution in [0.25, 0.3) is 0 Å². The maximum atomic E-state index is 10.3. The van der Waals surface area contributed by atoms with Crippen LogP contribution in [-0.4, -0.2) is 11.3 Å². The molecule has 0 aromatic heterocycles. The van der Waals surface area contributed by atoms with E-state index < -0.39 is 0 Å². The molecule has 0 spiro atoms. The second kappa shape index (κ2) is 6.40. The van der Waals surface area contributed by atoms with Crippen molar-refractivity contribution in [3.8, 4) is 5.75 Å². The zero-order valence-electron chi connectivity index (χ0n) is 16.0. The Balaban J connectivity index is 1.38. The molecule has 2 N–H and O–H groups in total. The lowest BCUT2D eigenvalue weighted by molar-refractivity contribution is -0.00520. The van der Waals surface area contributed by atoms with E-state index in [0.717, 1.165) is 29.0 Å². The molecule has 140 valence electrons. The summed E-state index contributed by atoms with van der Waals surface area (Å²) in [6.45, 7) is 2.07. The minimum atomic E-state index is 0.304.